The molecule has 1 rings (SSSR count). The summed E-state index contributed by atoms with van der Waals surface area (Å²) in [5, 5.41) is 0. The van der Waals surface area contributed by atoms with Crippen molar-refractivity contribution in [3.63, 3.8) is 0 Å². The predicted octanol–water partition coefficient (Wildman–Crippen LogP) is 2.90. The molecular formula is C9H11Br2NO2S. The van der Waals surface area contributed by atoms with Crippen molar-refractivity contribution in [2.45, 2.75) is 24.8 Å². The van der Waals surface area contributed by atoms with Crippen LogP contribution in [0, 0.1) is 0 Å². The number of benzene rings is 1. The third kappa shape index (κ3) is 3.86. The fraction of sp³-hybridized carbons (Fsp3) is 0.333. The highest BCUT2D eigenvalue weighted by molar-refractivity contribution is 9.11. The maximum atomic E-state index is 11.8. The van der Waals surface area contributed by atoms with Gasteiger partial charge in [-0.3, -0.25) is 0 Å². The first-order chi connectivity index (χ1) is 6.81. The second kappa shape index (κ2) is 4.95. The highest BCUT2D eigenvalue weighted by Crippen LogP contribution is 2.23. The van der Waals surface area contributed by atoms with Gasteiger partial charge in [0.05, 0.1) is 4.90 Å². The van der Waals surface area contributed by atoms with Crippen LogP contribution in [0.4, 0.5) is 0 Å². The van der Waals surface area contributed by atoms with Gasteiger partial charge in [0, 0.05) is 15.0 Å². The van der Waals surface area contributed by atoms with Crippen LogP contribution >= 0.6 is 31.9 Å². The van der Waals surface area contributed by atoms with Crippen LogP contribution in [0.1, 0.15) is 13.8 Å². The molecule has 0 spiro atoms. The Labute approximate surface area is 107 Å². The molecule has 3 nitrogen and oxygen atoms in total. The van der Waals surface area contributed by atoms with Crippen LogP contribution in [0.25, 0.3) is 0 Å². The van der Waals surface area contributed by atoms with Crippen LogP contribution in [-0.2, 0) is 10.0 Å². The molecular weight excluding hydrogens is 346 g/mol. The lowest BCUT2D eigenvalue weighted by Crippen LogP contribution is -2.30. The Bertz CT molecular complexity index is 437. The number of hydrogen-bond donors (Lipinski definition) is 1. The molecule has 15 heavy (non-hydrogen) atoms. The number of hydrogen-bond acceptors (Lipinski definition) is 2. The highest BCUT2D eigenvalue weighted by Gasteiger charge is 2.16. The number of nitrogens with one attached hydrogen (secondary N) is 1. The molecule has 1 aromatic carbocycles. The van der Waals surface area contributed by atoms with E-state index in [0.717, 1.165) is 8.95 Å². The Morgan fingerprint density at radius 1 is 1.13 bits per heavy atom. The molecule has 0 fully saturated rings. The fourth-order valence-corrected chi connectivity index (χ4v) is 3.98. The van der Waals surface area contributed by atoms with Crippen molar-refractivity contribution in [2.75, 3.05) is 0 Å². The zero-order chi connectivity index (χ0) is 11.6. The summed E-state index contributed by atoms with van der Waals surface area (Å²) >= 11 is 6.50. The minimum atomic E-state index is -3.41. The summed E-state index contributed by atoms with van der Waals surface area (Å²) < 4.78 is 27.6. The van der Waals surface area contributed by atoms with Crippen LogP contribution in [0.2, 0.25) is 0 Å². The summed E-state index contributed by atoms with van der Waals surface area (Å²) in [6, 6.07) is 4.80. The summed E-state index contributed by atoms with van der Waals surface area (Å²) in [6.45, 7) is 3.56. The molecule has 0 aliphatic carbocycles. The van der Waals surface area contributed by atoms with E-state index in [-0.39, 0.29) is 10.9 Å². The molecule has 0 aliphatic rings. The molecule has 0 unspecified atom stereocenters. The SMILES string of the molecule is CC(C)NS(=O)(=O)c1cc(Br)cc(Br)c1. The van der Waals surface area contributed by atoms with Crippen LogP contribution in [0.15, 0.2) is 32.0 Å². The average molecular weight is 357 g/mol. The lowest BCUT2D eigenvalue weighted by atomic mass is 10.4. The summed E-state index contributed by atoms with van der Waals surface area (Å²) in [6.07, 6.45) is 0. The molecule has 0 saturated carbocycles. The van der Waals surface area contributed by atoms with E-state index in [4.69, 9.17) is 0 Å². The van der Waals surface area contributed by atoms with Gasteiger partial charge in [-0.25, -0.2) is 13.1 Å². The van der Waals surface area contributed by atoms with Gasteiger partial charge < -0.3 is 0 Å². The standard InChI is InChI=1S/C9H11Br2NO2S/c1-6(2)12-15(13,14)9-4-7(10)3-8(11)5-9/h3-6,12H,1-2H3. The van der Waals surface area contributed by atoms with E-state index in [9.17, 15) is 8.42 Å². The molecule has 1 aromatic rings. The smallest absolute Gasteiger partial charge is 0.209 e. The van der Waals surface area contributed by atoms with Gasteiger partial charge in [-0.1, -0.05) is 31.9 Å². The number of sulfonamides is 1. The molecule has 0 atom stereocenters. The zero-order valence-corrected chi connectivity index (χ0v) is 12.3. The Morgan fingerprint density at radius 2 is 1.60 bits per heavy atom. The van der Waals surface area contributed by atoms with E-state index in [1.807, 2.05) is 0 Å². The molecule has 0 aliphatic heterocycles. The van der Waals surface area contributed by atoms with E-state index in [0.29, 0.717) is 0 Å². The summed E-state index contributed by atoms with van der Waals surface area (Å²) in [4.78, 5) is 0.248. The molecule has 0 radical (unpaired) electrons. The number of halogens is 2. The lowest BCUT2D eigenvalue weighted by molar-refractivity contribution is 0.570. The van der Waals surface area contributed by atoms with Gasteiger partial charge in [0.2, 0.25) is 10.0 Å². The second-order valence-corrected chi connectivity index (χ2v) is 6.93. The van der Waals surface area contributed by atoms with E-state index in [1.54, 1.807) is 32.0 Å². The molecule has 0 saturated heterocycles. The first-order valence-electron chi connectivity index (χ1n) is 4.29. The fourth-order valence-electron chi connectivity index (χ4n) is 1.06. The normalized spacial score (nSPS) is 12.1. The van der Waals surface area contributed by atoms with Crippen molar-refractivity contribution in [3.8, 4) is 0 Å². The van der Waals surface area contributed by atoms with Gasteiger partial charge in [0.15, 0.2) is 0 Å². The van der Waals surface area contributed by atoms with E-state index >= 15 is 0 Å². The van der Waals surface area contributed by atoms with Crippen LogP contribution in [0.3, 0.4) is 0 Å². The second-order valence-electron chi connectivity index (χ2n) is 3.38. The van der Waals surface area contributed by atoms with Crippen LogP contribution in [-0.4, -0.2) is 14.5 Å². The topological polar surface area (TPSA) is 46.2 Å². The van der Waals surface area contributed by atoms with Crippen molar-refractivity contribution >= 4 is 41.9 Å². The van der Waals surface area contributed by atoms with Crippen molar-refractivity contribution in [3.05, 3.63) is 27.1 Å². The van der Waals surface area contributed by atoms with E-state index in [2.05, 4.69) is 36.6 Å². The molecule has 0 heterocycles. The van der Waals surface area contributed by atoms with Crippen LogP contribution < -0.4 is 4.72 Å². The van der Waals surface area contributed by atoms with Gasteiger partial charge in [-0.05, 0) is 32.0 Å². The maximum Gasteiger partial charge on any atom is 0.240 e. The molecule has 6 heteroatoms. The quantitative estimate of drug-likeness (QED) is 0.905. The van der Waals surface area contributed by atoms with Crippen molar-refractivity contribution in [1.82, 2.24) is 4.72 Å². The Morgan fingerprint density at radius 3 is 2.00 bits per heavy atom. The van der Waals surface area contributed by atoms with Gasteiger partial charge in [-0.15, -0.1) is 0 Å². The van der Waals surface area contributed by atoms with E-state index < -0.39 is 10.0 Å². The van der Waals surface area contributed by atoms with E-state index in [1.165, 1.54) is 0 Å². The summed E-state index contributed by atoms with van der Waals surface area (Å²) in [7, 11) is -3.41. The maximum absolute atomic E-state index is 11.8. The highest BCUT2D eigenvalue weighted by atomic mass is 79.9. The van der Waals surface area contributed by atoms with Crippen molar-refractivity contribution < 1.29 is 8.42 Å². The van der Waals surface area contributed by atoms with Crippen LogP contribution in [0.5, 0.6) is 0 Å². The minimum absolute atomic E-state index is 0.118. The molecule has 0 aromatic heterocycles. The van der Waals surface area contributed by atoms with Gasteiger partial charge in [0.25, 0.3) is 0 Å². The molecule has 84 valence electrons. The van der Waals surface area contributed by atoms with Crippen molar-refractivity contribution in [2.24, 2.45) is 0 Å². The summed E-state index contributed by atoms with van der Waals surface area (Å²) in [5.41, 5.74) is 0. The molecule has 1 N–H and O–H groups in total. The first kappa shape index (κ1) is 13.2. The van der Waals surface area contributed by atoms with Crippen molar-refractivity contribution in [1.29, 1.82) is 0 Å². The summed E-state index contributed by atoms with van der Waals surface area (Å²) in [5.74, 6) is 0. The third-order valence-corrected chi connectivity index (χ3v) is 4.09. The van der Waals surface area contributed by atoms with Gasteiger partial charge in [-0.2, -0.15) is 0 Å². The monoisotopic (exact) mass is 355 g/mol. The third-order valence-electron chi connectivity index (χ3n) is 1.54. The lowest BCUT2D eigenvalue weighted by Gasteiger charge is -2.10. The Kier molecular flexibility index (Phi) is 4.34. The zero-order valence-electron chi connectivity index (χ0n) is 8.29. The number of rotatable bonds is 3. The molecule has 0 amide bonds. The average Bonchev–Trinajstić information content (AvgIpc) is 1.99. The van der Waals surface area contributed by atoms with Gasteiger partial charge in [0.1, 0.15) is 0 Å². The molecule has 0 bridgehead atoms. The largest absolute Gasteiger partial charge is 0.240 e. The Hall–Kier alpha value is 0.0900. The minimum Gasteiger partial charge on any atom is -0.209 e. The Balaban J connectivity index is 3.16. The van der Waals surface area contributed by atoms with Gasteiger partial charge >= 0.3 is 0 Å². The first-order valence-corrected chi connectivity index (χ1v) is 7.36. The predicted molar refractivity (Wildman–Crippen MR) is 67.3 cm³/mol.